The average molecular weight is 263 g/mol. The van der Waals surface area contributed by atoms with Gasteiger partial charge in [0, 0.05) is 17.5 Å². The van der Waals surface area contributed by atoms with E-state index in [1.807, 2.05) is 6.92 Å². The molecule has 1 aliphatic heterocycles. The predicted octanol–water partition coefficient (Wildman–Crippen LogP) is 2.89. The Kier molecular flexibility index (Phi) is 3.77. The van der Waals surface area contributed by atoms with Gasteiger partial charge in [-0.15, -0.1) is 0 Å². The summed E-state index contributed by atoms with van der Waals surface area (Å²) >= 11 is 0. The Morgan fingerprint density at radius 1 is 1.37 bits per heavy atom. The van der Waals surface area contributed by atoms with Crippen LogP contribution in [0.2, 0.25) is 0 Å². The van der Waals surface area contributed by atoms with Crippen LogP contribution in [0.3, 0.4) is 0 Å². The quantitative estimate of drug-likeness (QED) is 0.892. The summed E-state index contributed by atoms with van der Waals surface area (Å²) in [5, 5.41) is 0. The molecule has 1 aliphatic rings. The maximum absolute atomic E-state index is 6.02. The highest BCUT2D eigenvalue weighted by molar-refractivity contribution is 5.51. The van der Waals surface area contributed by atoms with Crippen molar-refractivity contribution in [1.82, 2.24) is 0 Å². The van der Waals surface area contributed by atoms with Gasteiger partial charge in [-0.2, -0.15) is 0 Å². The molecule has 106 valence electrons. The third kappa shape index (κ3) is 2.86. The standard InChI is InChI=1S/C16H25NO2/c1-10(17)12-6-11-7-13(18-5)8-14(16(2,3)4)15(11)19-9-12/h7-8,10,12H,6,9,17H2,1-5H3/t10-,12?/m1/s1. The number of rotatable bonds is 2. The molecule has 3 heteroatoms. The van der Waals surface area contributed by atoms with Gasteiger partial charge in [-0.1, -0.05) is 20.8 Å². The lowest BCUT2D eigenvalue weighted by Gasteiger charge is -2.32. The Hall–Kier alpha value is -1.22. The van der Waals surface area contributed by atoms with Crippen molar-refractivity contribution in [1.29, 1.82) is 0 Å². The van der Waals surface area contributed by atoms with Gasteiger partial charge in [0.2, 0.25) is 0 Å². The summed E-state index contributed by atoms with van der Waals surface area (Å²) in [5.74, 6) is 2.32. The highest BCUT2D eigenvalue weighted by Crippen LogP contribution is 2.40. The van der Waals surface area contributed by atoms with Crippen molar-refractivity contribution in [3.63, 3.8) is 0 Å². The lowest BCUT2D eigenvalue weighted by atomic mass is 9.82. The summed E-state index contributed by atoms with van der Waals surface area (Å²) in [6, 6.07) is 4.32. The molecule has 0 fully saturated rings. The SMILES string of the molecule is COc1cc2c(c(C(C)(C)C)c1)OCC([C@@H](C)N)C2. The van der Waals surface area contributed by atoms with Crippen molar-refractivity contribution < 1.29 is 9.47 Å². The van der Waals surface area contributed by atoms with Crippen molar-refractivity contribution in [3.05, 3.63) is 23.3 Å². The molecule has 0 amide bonds. The van der Waals surface area contributed by atoms with Crippen molar-refractivity contribution >= 4 is 0 Å². The van der Waals surface area contributed by atoms with E-state index < -0.39 is 0 Å². The summed E-state index contributed by atoms with van der Waals surface area (Å²) in [6.45, 7) is 9.35. The molecule has 0 aromatic heterocycles. The minimum atomic E-state index is 0.0415. The van der Waals surface area contributed by atoms with Crippen LogP contribution in [-0.4, -0.2) is 19.8 Å². The Morgan fingerprint density at radius 3 is 2.58 bits per heavy atom. The molecule has 2 rings (SSSR count). The molecule has 0 spiro atoms. The summed E-state index contributed by atoms with van der Waals surface area (Å²) in [6.07, 6.45) is 0.966. The maximum atomic E-state index is 6.02. The number of nitrogens with two attached hydrogens (primary N) is 1. The van der Waals surface area contributed by atoms with E-state index in [9.17, 15) is 0 Å². The summed E-state index contributed by atoms with van der Waals surface area (Å²) < 4.78 is 11.4. The second-order valence-corrected chi connectivity index (χ2v) is 6.55. The first kappa shape index (κ1) is 14.2. The van der Waals surface area contributed by atoms with E-state index >= 15 is 0 Å². The van der Waals surface area contributed by atoms with Crippen molar-refractivity contribution in [3.8, 4) is 11.5 Å². The number of hydrogen-bond acceptors (Lipinski definition) is 3. The number of ether oxygens (including phenoxy) is 2. The van der Waals surface area contributed by atoms with Gasteiger partial charge >= 0.3 is 0 Å². The van der Waals surface area contributed by atoms with Crippen LogP contribution in [-0.2, 0) is 11.8 Å². The molecular weight excluding hydrogens is 238 g/mol. The first-order valence-electron chi connectivity index (χ1n) is 6.92. The van der Waals surface area contributed by atoms with Gasteiger partial charge in [0.25, 0.3) is 0 Å². The number of methoxy groups -OCH3 is 1. The fourth-order valence-electron chi connectivity index (χ4n) is 2.53. The third-order valence-electron chi connectivity index (χ3n) is 3.85. The Balaban J connectivity index is 2.47. The Morgan fingerprint density at radius 2 is 2.05 bits per heavy atom. The first-order chi connectivity index (χ1) is 8.82. The van der Waals surface area contributed by atoms with Gasteiger partial charge in [-0.25, -0.2) is 0 Å². The molecular formula is C16H25NO2. The second kappa shape index (κ2) is 5.04. The van der Waals surface area contributed by atoms with E-state index in [2.05, 4.69) is 32.9 Å². The zero-order valence-corrected chi connectivity index (χ0v) is 12.6. The highest BCUT2D eigenvalue weighted by Gasteiger charge is 2.29. The smallest absolute Gasteiger partial charge is 0.126 e. The second-order valence-electron chi connectivity index (χ2n) is 6.55. The Bertz CT molecular complexity index is 461. The zero-order chi connectivity index (χ0) is 14.2. The molecule has 1 unspecified atom stereocenters. The van der Waals surface area contributed by atoms with Crippen LogP contribution in [0.25, 0.3) is 0 Å². The van der Waals surface area contributed by atoms with Gasteiger partial charge in [0.05, 0.1) is 13.7 Å². The summed E-state index contributed by atoms with van der Waals surface area (Å²) in [5.41, 5.74) is 8.48. The first-order valence-corrected chi connectivity index (χ1v) is 6.92. The van der Waals surface area contributed by atoms with Gasteiger partial charge in [0.1, 0.15) is 11.5 Å². The number of hydrogen-bond donors (Lipinski definition) is 1. The molecule has 19 heavy (non-hydrogen) atoms. The molecule has 1 aromatic carbocycles. The summed E-state index contributed by atoms with van der Waals surface area (Å²) in [7, 11) is 1.71. The molecule has 1 aromatic rings. The van der Waals surface area contributed by atoms with Crippen molar-refractivity contribution in [2.24, 2.45) is 11.7 Å². The molecule has 1 heterocycles. The van der Waals surface area contributed by atoms with Gasteiger partial charge < -0.3 is 15.2 Å². The lowest BCUT2D eigenvalue weighted by molar-refractivity contribution is 0.199. The third-order valence-corrected chi connectivity index (χ3v) is 3.85. The molecule has 0 saturated carbocycles. The van der Waals surface area contributed by atoms with Crippen LogP contribution in [0.1, 0.15) is 38.8 Å². The van der Waals surface area contributed by atoms with Gasteiger partial charge in [0.15, 0.2) is 0 Å². The molecule has 2 atom stereocenters. The highest BCUT2D eigenvalue weighted by atomic mass is 16.5. The van der Waals surface area contributed by atoms with Crippen LogP contribution in [0.5, 0.6) is 11.5 Å². The van der Waals surface area contributed by atoms with Crippen LogP contribution in [0.15, 0.2) is 12.1 Å². The van der Waals surface area contributed by atoms with E-state index in [-0.39, 0.29) is 11.5 Å². The molecule has 0 aliphatic carbocycles. The monoisotopic (exact) mass is 263 g/mol. The molecule has 0 radical (unpaired) electrons. The van der Waals surface area contributed by atoms with E-state index in [0.717, 1.165) is 17.9 Å². The van der Waals surface area contributed by atoms with E-state index in [1.165, 1.54) is 11.1 Å². The number of fused-ring (bicyclic) bond motifs is 1. The van der Waals surface area contributed by atoms with E-state index in [4.69, 9.17) is 15.2 Å². The fraction of sp³-hybridized carbons (Fsp3) is 0.625. The fourth-order valence-corrected chi connectivity index (χ4v) is 2.53. The Labute approximate surface area is 116 Å². The summed E-state index contributed by atoms with van der Waals surface area (Å²) in [4.78, 5) is 0. The normalized spacial score (nSPS) is 20.4. The van der Waals surface area contributed by atoms with Gasteiger partial charge in [-0.05, 0) is 36.5 Å². The maximum Gasteiger partial charge on any atom is 0.126 e. The largest absolute Gasteiger partial charge is 0.497 e. The lowest BCUT2D eigenvalue weighted by Crippen LogP contribution is -2.36. The van der Waals surface area contributed by atoms with Crippen molar-refractivity contribution in [2.75, 3.05) is 13.7 Å². The molecule has 3 nitrogen and oxygen atoms in total. The molecule has 0 bridgehead atoms. The minimum Gasteiger partial charge on any atom is -0.497 e. The predicted molar refractivity (Wildman–Crippen MR) is 78.0 cm³/mol. The van der Waals surface area contributed by atoms with E-state index in [1.54, 1.807) is 7.11 Å². The minimum absolute atomic E-state index is 0.0415. The van der Waals surface area contributed by atoms with Crippen LogP contribution < -0.4 is 15.2 Å². The molecule has 0 saturated heterocycles. The zero-order valence-electron chi connectivity index (χ0n) is 12.6. The molecule has 2 N–H and O–H groups in total. The van der Waals surface area contributed by atoms with Crippen LogP contribution >= 0.6 is 0 Å². The van der Waals surface area contributed by atoms with Crippen molar-refractivity contribution in [2.45, 2.75) is 45.6 Å². The average Bonchev–Trinajstić information content (AvgIpc) is 2.35. The number of benzene rings is 1. The van der Waals surface area contributed by atoms with Crippen LogP contribution in [0.4, 0.5) is 0 Å². The van der Waals surface area contributed by atoms with Crippen LogP contribution in [0, 0.1) is 5.92 Å². The topological polar surface area (TPSA) is 44.5 Å². The van der Waals surface area contributed by atoms with E-state index in [0.29, 0.717) is 12.5 Å². The van der Waals surface area contributed by atoms with Gasteiger partial charge in [-0.3, -0.25) is 0 Å².